The van der Waals surface area contributed by atoms with E-state index in [0.29, 0.717) is 12.4 Å². The highest BCUT2D eigenvalue weighted by molar-refractivity contribution is 5.15. The van der Waals surface area contributed by atoms with E-state index < -0.39 is 5.60 Å². The lowest BCUT2D eigenvalue weighted by molar-refractivity contribution is 0.00766. The maximum absolute atomic E-state index is 10.9. The van der Waals surface area contributed by atoms with E-state index in [9.17, 15) is 5.11 Å². The molecule has 5 nitrogen and oxygen atoms in total. The van der Waals surface area contributed by atoms with Crippen molar-refractivity contribution in [1.29, 1.82) is 0 Å². The van der Waals surface area contributed by atoms with Gasteiger partial charge in [0.15, 0.2) is 5.82 Å². The fourth-order valence-corrected chi connectivity index (χ4v) is 2.94. The second kappa shape index (κ2) is 5.71. The first kappa shape index (κ1) is 13.2. The maximum atomic E-state index is 10.9. The van der Waals surface area contributed by atoms with Gasteiger partial charge in [-0.2, -0.15) is 0 Å². The van der Waals surface area contributed by atoms with Gasteiger partial charge >= 0.3 is 0 Å². The Morgan fingerprint density at radius 1 is 1.05 bits per heavy atom. The van der Waals surface area contributed by atoms with Crippen molar-refractivity contribution < 1.29 is 5.11 Å². The Kier molecular flexibility index (Phi) is 3.78. The minimum absolute atomic E-state index is 0.603. The van der Waals surface area contributed by atoms with Gasteiger partial charge in [0.1, 0.15) is 5.60 Å². The van der Waals surface area contributed by atoms with Crippen molar-refractivity contribution in [2.45, 2.75) is 50.7 Å². The quantitative estimate of drug-likeness (QED) is 0.871. The molecule has 1 heterocycles. The summed E-state index contributed by atoms with van der Waals surface area (Å²) in [5.41, 5.74) is 0.271. The lowest BCUT2D eigenvalue weighted by Crippen LogP contribution is -2.30. The Balaban J connectivity index is 1.85. The van der Waals surface area contributed by atoms with Gasteiger partial charge in [0.25, 0.3) is 0 Å². The van der Waals surface area contributed by atoms with Crippen LogP contribution in [0.3, 0.4) is 0 Å². The summed E-state index contributed by atoms with van der Waals surface area (Å²) >= 11 is 0. The van der Waals surface area contributed by atoms with Gasteiger partial charge in [-0.3, -0.25) is 0 Å². The second-order valence-corrected chi connectivity index (χ2v) is 5.59. The third-order valence-electron chi connectivity index (χ3n) is 4.05. The molecule has 2 aromatic rings. The molecule has 0 amide bonds. The van der Waals surface area contributed by atoms with Gasteiger partial charge < -0.3 is 5.11 Å². The summed E-state index contributed by atoms with van der Waals surface area (Å²) in [6, 6.07) is 10.1. The predicted molar refractivity (Wildman–Crippen MR) is 75.0 cm³/mol. The van der Waals surface area contributed by atoms with Crippen LogP contribution in [0.2, 0.25) is 0 Å². The van der Waals surface area contributed by atoms with Crippen molar-refractivity contribution in [3.63, 3.8) is 0 Å². The van der Waals surface area contributed by atoms with E-state index in [-0.39, 0.29) is 0 Å². The number of nitrogens with zero attached hydrogens (tertiary/aromatic N) is 4. The lowest BCUT2D eigenvalue weighted by Gasteiger charge is -2.25. The monoisotopic (exact) mass is 272 g/mol. The Hall–Kier alpha value is -1.75. The molecule has 0 saturated heterocycles. The molecule has 1 aliphatic rings. The van der Waals surface area contributed by atoms with Gasteiger partial charge in [-0.05, 0) is 28.8 Å². The van der Waals surface area contributed by atoms with Gasteiger partial charge in [0.2, 0.25) is 0 Å². The van der Waals surface area contributed by atoms with Crippen LogP contribution in [0.25, 0.3) is 0 Å². The Labute approximate surface area is 118 Å². The summed E-state index contributed by atoms with van der Waals surface area (Å²) in [4.78, 5) is 0. The van der Waals surface area contributed by atoms with Gasteiger partial charge in [0.05, 0.1) is 6.54 Å². The molecule has 0 spiro atoms. The smallest absolute Gasteiger partial charge is 0.183 e. The van der Waals surface area contributed by atoms with Crippen LogP contribution >= 0.6 is 0 Å². The minimum Gasteiger partial charge on any atom is -0.382 e. The Bertz CT molecular complexity index is 544. The molecule has 1 N–H and O–H groups in total. The third-order valence-corrected chi connectivity index (χ3v) is 4.05. The summed E-state index contributed by atoms with van der Waals surface area (Å²) in [6.45, 7) is 0.603. The first-order chi connectivity index (χ1) is 9.78. The molecule has 0 radical (unpaired) electrons. The molecule has 1 aliphatic carbocycles. The van der Waals surface area contributed by atoms with Gasteiger partial charge in [0, 0.05) is 0 Å². The third kappa shape index (κ3) is 2.72. The zero-order chi connectivity index (χ0) is 13.8. The Morgan fingerprint density at radius 3 is 2.45 bits per heavy atom. The molecule has 5 heteroatoms. The van der Waals surface area contributed by atoms with Crippen molar-refractivity contribution in [3.8, 4) is 0 Å². The van der Waals surface area contributed by atoms with E-state index in [1.807, 2.05) is 30.3 Å². The molecule has 1 aromatic carbocycles. The van der Waals surface area contributed by atoms with Crippen LogP contribution in [-0.2, 0) is 12.1 Å². The molecule has 0 bridgehead atoms. The molecule has 0 unspecified atom stereocenters. The summed E-state index contributed by atoms with van der Waals surface area (Å²) in [6.07, 6.45) is 5.94. The highest BCUT2D eigenvalue weighted by Gasteiger charge is 2.35. The van der Waals surface area contributed by atoms with E-state index in [1.165, 1.54) is 12.8 Å². The van der Waals surface area contributed by atoms with E-state index in [0.717, 1.165) is 31.2 Å². The van der Waals surface area contributed by atoms with Crippen LogP contribution < -0.4 is 0 Å². The number of hydrogen-bond acceptors (Lipinski definition) is 4. The standard InChI is InChI=1S/C15H20N4O/c20-15(10-6-1-2-7-11-15)14-16-17-18-19(14)12-13-8-4-3-5-9-13/h3-5,8-9,20H,1-2,6-7,10-12H2. The fourth-order valence-electron chi connectivity index (χ4n) is 2.94. The van der Waals surface area contributed by atoms with E-state index >= 15 is 0 Å². The number of rotatable bonds is 3. The van der Waals surface area contributed by atoms with Crippen LogP contribution in [0.5, 0.6) is 0 Å². The van der Waals surface area contributed by atoms with Crippen molar-refractivity contribution >= 4 is 0 Å². The molecule has 20 heavy (non-hydrogen) atoms. The average Bonchev–Trinajstić information content (AvgIpc) is 2.82. The van der Waals surface area contributed by atoms with Crippen LogP contribution in [0.15, 0.2) is 30.3 Å². The number of tetrazole rings is 1. The molecule has 106 valence electrons. The summed E-state index contributed by atoms with van der Waals surface area (Å²) in [5, 5.41) is 22.8. The molecule has 1 aromatic heterocycles. The van der Waals surface area contributed by atoms with E-state index in [4.69, 9.17) is 0 Å². The average molecular weight is 272 g/mol. The van der Waals surface area contributed by atoms with E-state index in [2.05, 4.69) is 15.5 Å². The highest BCUT2D eigenvalue weighted by atomic mass is 16.3. The zero-order valence-electron chi connectivity index (χ0n) is 11.6. The second-order valence-electron chi connectivity index (χ2n) is 5.59. The van der Waals surface area contributed by atoms with Crippen LogP contribution in [0.1, 0.15) is 49.9 Å². The van der Waals surface area contributed by atoms with Crippen molar-refractivity contribution in [3.05, 3.63) is 41.7 Å². The van der Waals surface area contributed by atoms with Crippen LogP contribution in [0, 0.1) is 0 Å². The number of benzene rings is 1. The van der Waals surface area contributed by atoms with Gasteiger partial charge in [-0.15, -0.1) is 5.10 Å². The zero-order valence-corrected chi connectivity index (χ0v) is 11.6. The Morgan fingerprint density at radius 2 is 1.75 bits per heavy atom. The van der Waals surface area contributed by atoms with Crippen molar-refractivity contribution in [2.75, 3.05) is 0 Å². The van der Waals surface area contributed by atoms with E-state index in [1.54, 1.807) is 4.68 Å². The molecule has 0 atom stereocenters. The van der Waals surface area contributed by atoms with Gasteiger partial charge in [-0.25, -0.2) is 4.68 Å². The SMILES string of the molecule is OC1(c2nnnn2Cc2ccccc2)CCCCCC1. The summed E-state index contributed by atoms with van der Waals surface area (Å²) in [5.74, 6) is 0.614. The normalized spacial score (nSPS) is 18.6. The van der Waals surface area contributed by atoms with Gasteiger partial charge in [-0.1, -0.05) is 56.0 Å². The first-order valence-corrected chi connectivity index (χ1v) is 7.31. The van der Waals surface area contributed by atoms with Crippen molar-refractivity contribution in [1.82, 2.24) is 20.2 Å². The largest absolute Gasteiger partial charge is 0.382 e. The summed E-state index contributed by atoms with van der Waals surface area (Å²) < 4.78 is 1.74. The predicted octanol–water partition coefficient (Wildman–Crippen LogP) is 2.26. The van der Waals surface area contributed by atoms with Crippen molar-refractivity contribution in [2.24, 2.45) is 0 Å². The molecule has 3 rings (SSSR count). The molecular weight excluding hydrogens is 252 g/mol. The lowest BCUT2D eigenvalue weighted by atomic mass is 9.93. The number of aliphatic hydroxyl groups is 1. The number of aromatic nitrogens is 4. The fraction of sp³-hybridized carbons (Fsp3) is 0.533. The molecular formula is C15H20N4O. The first-order valence-electron chi connectivity index (χ1n) is 7.31. The van der Waals surface area contributed by atoms with Crippen LogP contribution in [0.4, 0.5) is 0 Å². The maximum Gasteiger partial charge on any atom is 0.183 e. The molecule has 0 aliphatic heterocycles. The molecule has 1 fully saturated rings. The van der Waals surface area contributed by atoms with Crippen LogP contribution in [-0.4, -0.2) is 25.3 Å². The topological polar surface area (TPSA) is 63.8 Å². The number of hydrogen-bond donors (Lipinski definition) is 1. The summed E-state index contributed by atoms with van der Waals surface area (Å²) in [7, 11) is 0. The minimum atomic E-state index is -0.866. The molecule has 1 saturated carbocycles. The highest BCUT2D eigenvalue weighted by Crippen LogP contribution is 2.34.